The molecule has 5 saturated carbocycles. The van der Waals surface area contributed by atoms with E-state index in [9.17, 15) is 70.1 Å². The average Bonchev–Trinajstić information content (AvgIpc) is 1.48. The Morgan fingerprint density at radius 3 is 1.18 bits per heavy atom. The Kier molecular flexibility index (Phi) is 29.2. The minimum atomic E-state index is -1.16. The Morgan fingerprint density at radius 1 is 0.387 bits per heavy atom. The van der Waals surface area contributed by atoms with E-state index in [1.807, 2.05) is 144 Å². The molecule has 18 N–H and O–H groups in total. The standard InChI is InChI=1S/C22H25N3O3.C21H24ClN3O3.C20H21FN2O4.C19H20Cl2N4O3.C18H18FN3O4/c1-12-7-9-24-22-14(12)8-10-25(22)16-11-18(21(27)20(16)26)28-17-4-2-3-13-5-6-15(23)19(13)17;1-12-5-8-24-21-15(12)6-9-25(21)16-11-18(20(27)19(16)26)28-17-3-2-14(22)10-13(17)4-7-23;1-11-4-6-22-20-14(11)5-7-23(20)15-9-17(19(26)18(15)25)27-16-3-2-13(21)8-12(16)10-24;1-9-11-2-3-25(19(11)24-8-23-9)14-6-16(18(27)17(14)26)28-15-5-13(21)12(20)4-10(15)7-22;1-9-11-4-5-22(18(11)21-8-20-9)12-7-15(17(25)16(12)24)26-14-3-2-10(19)6-13(14)23/h2-4,7-10,15-16,18,20-21,26-27H,5-6,11,23H2,1H3;2-3,5-6,8-10,16,18-20,26-27H,4,7,11,23H2,1H3;2-8,15,17-19,24-26H,9-10H2,1H3;2-5,8,14,16-18,26-27H,6-7,22H2,1H3;2-6,8,12,15-17,23-25H,7H2,1H3/t15-,16+,18-,20-,21+;16-,18+,19+,20-;15-,17+,18+,19-;14-,16+,17+,18-;12-,15+,16+,17-/m01111/s1. The van der Waals surface area contributed by atoms with Gasteiger partial charge in [0, 0.05) is 155 Å². The Morgan fingerprint density at radius 2 is 0.759 bits per heavy atom. The van der Waals surface area contributed by atoms with Crippen molar-refractivity contribution in [3.8, 4) is 34.5 Å². The number of ether oxygens (including phenoxy) is 5. The van der Waals surface area contributed by atoms with Gasteiger partial charge in [0.05, 0.1) is 58.2 Å². The molecule has 0 aliphatic heterocycles. The van der Waals surface area contributed by atoms with Crippen LogP contribution in [0, 0.1) is 46.3 Å². The second-order valence-electron chi connectivity index (χ2n) is 35.7. The number of pyridine rings is 3. The first-order valence-corrected chi connectivity index (χ1v) is 46.4. The van der Waals surface area contributed by atoms with Crippen LogP contribution in [0.15, 0.2) is 196 Å². The van der Waals surface area contributed by atoms with E-state index >= 15 is 0 Å². The number of nitrogens with two attached hydrogens (primary N) is 3. The molecule has 137 heavy (non-hydrogen) atoms. The van der Waals surface area contributed by atoms with E-state index in [-0.39, 0.29) is 42.8 Å². The maximum absolute atomic E-state index is 13.3. The summed E-state index contributed by atoms with van der Waals surface area (Å²) >= 11 is 18.2. The van der Waals surface area contributed by atoms with E-state index in [0.29, 0.717) is 99.8 Å². The molecule has 0 bridgehead atoms. The number of rotatable bonds is 19. The van der Waals surface area contributed by atoms with Crippen molar-refractivity contribution < 1.29 is 93.7 Å². The van der Waals surface area contributed by atoms with Crippen molar-refractivity contribution in [1.29, 1.82) is 0 Å². The normalized spacial score (nSPS) is 26.0. The minimum absolute atomic E-state index is 0.0361. The van der Waals surface area contributed by atoms with E-state index in [0.717, 1.165) is 114 Å². The third-order valence-corrected chi connectivity index (χ3v) is 28.2. The fraction of sp³-hybridized carbons (Fsp3) is 0.370. The highest BCUT2D eigenvalue weighted by atomic mass is 35.5. The molecule has 21 atom stereocenters. The molecular formula is C100H108Cl3F2N15O17. The van der Waals surface area contributed by atoms with Crippen molar-refractivity contribution in [1.82, 2.24) is 57.7 Å². The quantitative estimate of drug-likeness (QED) is 0.0357. The lowest BCUT2D eigenvalue weighted by Crippen LogP contribution is -2.34. The molecule has 0 amide bonds. The second-order valence-corrected chi connectivity index (χ2v) is 36.9. The van der Waals surface area contributed by atoms with Crippen LogP contribution in [-0.4, -0.2) is 217 Å². The van der Waals surface area contributed by atoms with Gasteiger partial charge in [-0.2, -0.15) is 0 Å². The molecule has 10 aromatic heterocycles. The number of aromatic nitrogens is 12. The van der Waals surface area contributed by atoms with Crippen LogP contribution < -0.4 is 40.9 Å². The molecule has 21 rings (SSSR count). The molecule has 5 fully saturated rings. The summed E-state index contributed by atoms with van der Waals surface area (Å²) in [6.45, 7) is 10.1. The third-order valence-electron chi connectivity index (χ3n) is 27.2. The van der Waals surface area contributed by atoms with Crippen molar-refractivity contribution in [2.24, 2.45) is 17.2 Å². The lowest BCUT2D eigenvalue weighted by Gasteiger charge is -2.21. The predicted molar refractivity (Wildman–Crippen MR) is 509 cm³/mol. The number of fused-ring (bicyclic) bond motifs is 6. The molecule has 32 nitrogen and oxygen atoms in total. The Labute approximate surface area is 800 Å². The van der Waals surface area contributed by atoms with Gasteiger partial charge in [-0.05, 0) is 197 Å². The largest absolute Gasteiger partial charge is 0.504 e. The molecule has 720 valence electrons. The SMILES string of the molecule is Cc1ccnc2c1ccn2[C@@H]1C[C@H](Oc2ccc(Cl)cc2CCN)[C@@H](O)[C@H]1O.Cc1ccnc2c1ccn2[C@@H]1C[C@H](Oc2ccc(F)cc2CO)[C@@H](O)[C@H]1O.Cc1ccnc2c1ccn2[C@@H]1C[C@H](Oc2cccc3c2[C@@H](N)CC3)[C@@H](O)[C@H]1O.Cc1ncnc2c1ccn2[C@@H]1C[C@H](Oc2cc(Cl)c(Cl)cc2CN)[C@@H](O)[C@H]1O.Cc1ncnc2c1ccn2[C@@H]1C[C@H](Oc2ccc(F)cc2O)[C@@H](O)[C@H]1O. The molecule has 5 aromatic carbocycles. The number of benzene rings is 5. The van der Waals surface area contributed by atoms with Crippen LogP contribution in [0.5, 0.6) is 34.5 Å². The summed E-state index contributed by atoms with van der Waals surface area (Å²) in [5.74, 6) is 0.740. The summed E-state index contributed by atoms with van der Waals surface area (Å²) in [6, 6.07) is 35.4. The van der Waals surface area contributed by atoms with E-state index in [2.05, 4.69) is 41.0 Å². The van der Waals surface area contributed by atoms with Crippen molar-refractivity contribution in [2.75, 3.05) is 6.54 Å². The van der Waals surface area contributed by atoms with E-state index in [1.165, 1.54) is 42.5 Å². The highest BCUT2D eigenvalue weighted by Crippen LogP contribution is 2.46. The number of phenolic OH excluding ortho intramolecular Hbond substituents is 1. The van der Waals surface area contributed by atoms with Gasteiger partial charge in [-0.3, -0.25) is 0 Å². The summed E-state index contributed by atoms with van der Waals surface area (Å²) < 4.78 is 65.6. The number of aromatic hydroxyl groups is 1. The molecular weight excluding hydrogens is 1830 g/mol. The Bertz CT molecular complexity index is 6850. The van der Waals surface area contributed by atoms with Gasteiger partial charge in [0.25, 0.3) is 0 Å². The van der Waals surface area contributed by atoms with Crippen molar-refractivity contribution in [3.63, 3.8) is 0 Å². The maximum Gasteiger partial charge on any atom is 0.161 e. The number of aliphatic hydroxyl groups is 11. The van der Waals surface area contributed by atoms with Gasteiger partial charge >= 0.3 is 0 Å². The fourth-order valence-electron chi connectivity index (χ4n) is 19.7. The molecule has 15 aromatic rings. The van der Waals surface area contributed by atoms with Gasteiger partial charge in [-0.15, -0.1) is 0 Å². The zero-order valence-electron chi connectivity index (χ0n) is 75.3. The number of phenols is 1. The first-order chi connectivity index (χ1) is 65.9. The van der Waals surface area contributed by atoms with Gasteiger partial charge in [0.2, 0.25) is 0 Å². The number of hydrogen-bond donors (Lipinski definition) is 15. The highest BCUT2D eigenvalue weighted by molar-refractivity contribution is 6.42. The van der Waals surface area contributed by atoms with Crippen molar-refractivity contribution in [2.45, 2.75) is 227 Å². The number of nitrogens with zero attached hydrogens (tertiary/aromatic N) is 12. The topological polar surface area (TPSA) is 482 Å². The average molecular weight is 1940 g/mol. The van der Waals surface area contributed by atoms with Crippen molar-refractivity contribution >= 4 is 90.0 Å². The van der Waals surface area contributed by atoms with Crippen molar-refractivity contribution in [3.05, 3.63) is 278 Å². The van der Waals surface area contributed by atoms with Crippen LogP contribution in [0.3, 0.4) is 0 Å². The maximum atomic E-state index is 13.3. The third kappa shape index (κ3) is 19.6. The summed E-state index contributed by atoms with van der Waals surface area (Å²) in [6.07, 6.45) is 8.56. The van der Waals surface area contributed by atoms with Crippen LogP contribution >= 0.6 is 34.8 Å². The highest BCUT2D eigenvalue weighted by Gasteiger charge is 2.50. The minimum Gasteiger partial charge on any atom is -0.504 e. The number of aryl methyl sites for hydroxylation is 6. The molecule has 10 heterocycles. The van der Waals surface area contributed by atoms with E-state index in [4.69, 9.17) is 75.7 Å². The first-order valence-electron chi connectivity index (χ1n) is 45.3. The van der Waals surface area contributed by atoms with Gasteiger partial charge < -0.3 is 125 Å². The zero-order valence-corrected chi connectivity index (χ0v) is 77.5. The number of hydrogen-bond acceptors (Lipinski definition) is 27. The fourth-order valence-corrected chi connectivity index (χ4v) is 20.3. The van der Waals surface area contributed by atoms with Crippen LogP contribution in [0.4, 0.5) is 8.78 Å². The van der Waals surface area contributed by atoms with Crippen LogP contribution in [0.25, 0.3) is 55.2 Å². The smallest absolute Gasteiger partial charge is 0.161 e. The Hall–Kier alpha value is -11.6. The summed E-state index contributed by atoms with van der Waals surface area (Å²) in [4.78, 5) is 30.3. The summed E-state index contributed by atoms with van der Waals surface area (Å²) in [7, 11) is 0. The van der Waals surface area contributed by atoms with Gasteiger partial charge in [-0.25, -0.2) is 43.7 Å². The first kappa shape index (κ1) is 97.0. The van der Waals surface area contributed by atoms with Gasteiger partial charge in [0.15, 0.2) is 11.5 Å². The molecule has 6 aliphatic rings. The number of halogens is 5. The monoisotopic (exact) mass is 1930 g/mol. The molecule has 6 aliphatic carbocycles. The van der Waals surface area contributed by atoms with Crippen LogP contribution in [0.1, 0.15) is 131 Å². The predicted octanol–water partition coefficient (Wildman–Crippen LogP) is 11.4. The molecule has 0 spiro atoms. The van der Waals surface area contributed by atoms with E-state index in [1.54, 1.807) is 53.6 Å². The zero-order chi connectivity index (χ0) is 96.8. The Balaban J connectivity index is 0.000000119. The molecule has 0 unspecified atom stereocenters. The lowest BCUT2D eigenvalue weighted by molar-refractivity contribution is -0.0169. The van der Waals surface area contributed by atoms with Crippen LogP contribution in [-0.2, 0) is 26.0 Å². The lowest BCUT2D eigenvalue weighted by atomic mass is 10.1. The number of aliphatic hydroxyl groups excluding tert-OH is 11. The molecule has 0 saturated heterocycles. The van der Waals surface area contributed by atoms with Gasteiger partial charge in [0.1, 0.15) is 167 Å². The summed E-state index contributed by atoms with van der Waals surface area (Å²) in [5.41, 5.74) is 30.6. The second kappa shape index (κ2) is 41.2. The summed E-state index contributed by atoms with van der Waals surface area (Å²) in [5, 5.41) is 131. The molecule has 37 heteroatoms. The van der Waals surface area contributed by atoms with Gasteiger partial charge in [-0.1, -0.05) is 46.9 Å². The molecule has 0 radical (unpaired) electrons. The van der Waals surface area contributed by atoms with E-state index < -0.39 is 121 Å². The van der Waals surface area contributed by atoms with Crippen LogP contribution in [0.2, 0.25) is 15.1 Å².